The van der Waals surface area contributed by atoms with Crippen molar-refractivity contribution in [3.05, 3.63) is 89.7 Å². The molecule has 4 aromatic rings. The molecule has 1 aromatic heterocycles. The van der Waals surface area contributed by atoms with Gasteiger partial charge < -0.3 is 9.84 Å². The van der Waals surface area contributed by atoms with Crippen LogP contribution in [0.15, 0.2) is 83.0 Å². The minimum Gasteiger partial charge on any atom is -0.480 e. The van der Waals surface area contributed by atoms with Crippen LogP contribution >= 0.6 is 23.5 Å². The highest BCUT2D eigenvalue weighted by molar-refractivity contribution is 8.16. The van der Waals surface area contributed by atoms with Crippen molar-refractivity contribution in [3.8, 4) is 22.8 Å². The number of carboxylic acids is 1. The summed E-state index contributed by atoms with van der Waals surface area (Å²) in [5.74, 6) is -0.112. The Hall–Kier alpha value is -4.63. The molecule has 1 fully saturated rings. The van der Waals surface area contributed by atoms with E-state index in [4.69, 9.17) is 4.99 Å². The highest BCUT2D eigenvalue weighted by atomic mass is 32.2. The van der Waals surface area contributed by atoms with Crippen LogP contribution in [0.25, 0.3) is 17.1 Å². The van der Waals surface area contributed by atoms with Crippen LogP contribution in [0, 0.1) is 6.92 Å². The third kappa shape index (κ3) is 9.33. The van der Waals surface area contributed by atoms with E-state index < -0.39 is 18.4 Å². The second-order valence-corrected chi connectivity index (χ2v) is 13.7. The van der Waals surface area contributed by atoms with Crippen molar-refractivity contribution in [2.24, 2.45) is 9.98 Å². The predicted molar refractivity (Wildman–Crippen MR) is 191 cm³/mol. The van der Waals surface area contributed by atoms with Gasteiger partial charge in [-0.15, -0.1) is 18.3 Å². The van der Waals surface area contributed by atoms with Gasteiger partial charge in [-0.2, -0.15) is 4.99 Å². The number of amides is 1. The van der Waals surface area contributed by atoms with E-state index in [-0.39, 0.29) is 29.7 Å². The molecule has 0 saturated carbocycles. The molecule has 1 aliphatic rings. The molecule has 3 aromatic carbocycles. The van der Waals surface area contributed by atoms with Crippen molar-refractivity contribution in [2.45, 2.75) is 58.9 Å². The van der Waals surface area contributed by atoms with E-state index in [0.717, 1.165) is 23.2 Å². The van der Waals surface area contributed by atoms with Crippen LogP contribution < -0.4 is 9.64 Å². The number of aromatic nitrogens is 3. The number of aliphatic carboxylic acids is 1. The van der Waals surface area contributed by atoms with Gasteiger partial charge in [0.2, 0.25) is 5.91 Å². The molecule has 1 N–H and O–H groups in total. The van der Waals surface area contributed by atoms with Crippen molar-refractivity contribution in [2.75, 3.05) is 16.4 Å². The molecule has 262 valence electrons. The lowest BCUT2D eigenvalue weighted by atomic mass is 9.99. The SMILES string of the molecule is CCCSC(=NC(Cc1ccc(-c2ncn(-c3ccc(OC(F)(F)F)cc3)n2)cc1)C(=O)O)N=C1SCC(=O)N1c1cc(C)ccc1C(C)C. The molecule has 0 aliphatic carbocycles. The zero-order valence-corrected chi connectivity index (χ0v) is 29.3. The fourth-order valence-corrected chi connectivity index (χ4v) is 6.71. The van der Waals surface area contributed by atoms with Gasteiger partial charge in [0.25, 0.3) is 0 Å². The molecule has 15 heteroatoms. The summed E-state index contributed by atoms with van der Waals surface area (Å²) in [6.45, 7) is 8.12. The molecule has 2 heterocycles. The second-order valence-electron chi connectivity index (χ2n) is 11.7. The second kappa shape index (κ2) is 15.9. The van der Waals surface area contributed by atoms with Crippen molar-refractivity contribution in [1.29, 1.82) is 0 Å². The number of carboxylic acid groups (broad SMARTS) is 1. The summed E-state index contributed by atoms with van der Waals surface area (Å²) >= 11 is 2.66. The minimum absolute atomic E-state index is 0.0933. The molecule has 1 saturated heterocycles. The molecule has 50 heavy (non-hydrogen) atoms. The molecular weight excluding hydrogens is 690 g/mol. The molecule has 1 atom stereocenters. The average Bonchev–Trinajstić information content (AvgIpc) is 3.70. The lowest BCUT2D eigenvalue weighted by molar-refractivity contribution is -0.274. The maximum atomic E-state index is 13.1. The Kier molecular flexibility index (Phi) is 11.7. The van der Waals surface area contributed by atoms with E-state index in [9.17, 15) is 27.9 Å². The summed E-state index contributed by atoms with van der Waals surface area (Å²) in [4.78, 5) is 40.9. The van der Waals surface area contributed by atoms with Gasteiger partial charge in [0.15, 0.2) is 22.2 Å². The van der Waals surface area contributed by atoms with Gasteiger partial charge in [0, 0.05) is 17.7 Å². The number of alkyl halides is 3. The third-order valence-corrected chi connectivity index (χ3v) is 9.45. The third-order valence-electron chi connectivity index (χ3n) is 7.46. The van der Waals surface area contributed by atoms with E-state index in [0.29, 0.717) is 38.7 Å². The summed E-state index contributed by atoms with van der Waals surface area (Å²) in [6, 6.07) is 17.2. The molecule has 5 rings (SSSR count). The van der Waals surface area contributed by atoms with Crippen LogP contribution in [0.5, 0.6) is 5.75 Å². The highest BCUT2D eigenvalue weighted by Crippen LogP contribution is 2.35. The number of halogens is 3. The number of rotatable bonds is 11. The number of amidine groups is 2. The van der Waals surface area contributed by atoms with Crippen molar-refractivity contribution < 1.29 is 32.6 Å². The Bertz CT molecular complexity index is 1890. The van der Waals surface area contributed by atoms with E-state index in [1.807, 2.05) is 32.0 Å². The summed E-state index contributed by atoms with van der Waals surface area (Å²) in [7, 11) is 0. The number of hydrogen-bond donors (Lipinski definition) is 1. The normalized spacial score (nSPS) is 15.3. The topological polar surface area (TPSA) is 122 Å². The number of aliphatic imine (C=N–C) groups is 2. The Labute approximate surface area is 295 Å². The van der Waals surface area contributed by atoms with Gasteiger partial charge in [-0.3, -0.25) is 9.69 Å². The lowest BCUT2D eigenvalue weighted by Crippen LogP contribution is -2.31. The van der Waals surface area contributed by atoms with Gasteiger partial charge in [0.05, 0.1) is 17.1 Å². The zero-order valence-electron chi connectivity index (χ0n) is 27.7. The molecular formula is C35H35F3N6O4S2. The fourth-order valence-electron chi connectivity index (χ4n) is 5.05. The molecule has 10 nitrogen and oxygen atoms in total. The maximum absolute atomic E-state index is 13.1. The summed E-state index contributed by atoms with van der Waals surface area (Å²) in [5, 5.41) is 15.4. The highest BCUT2D eigenvalue weighted by Gasteiger charge is 2.33. The van der Waals surface area contributed by atoms with Gasteiger partial charge in [0.1, 0.15) is 12.1 Å². The minimum atomic E-state index is -4.78. The maximum Gasteiger partial charge on any atom is 0.573 e. The van der Waals surface area contributed by atoms with E-state index in [1.54, 1.807) is 29.2 Å². The Morgan fingerprint density at radius 3 is 2.46 bits per heavy atom. The smallest absolute Gasteiger partial charge is 0.480 e. The molecule has 1 amide bonds. The number of aryl methyl sites for hydroxylation is 1. The molecule has 0 bridgehead atoms. The quantitative estimate of drug-likeness (QED) is 0.122. The van der Waals surface area contributed by atoms with Crippen LogP contribution in [0.3, 0.4) is 0 Å². The van der Waals surface area contributed by atoms with Crippen LogP contribution in [0.2, 0.25) is 0 Å². The molecule has 1 unspecified atom stereocenters. The fraction of sp³-hybridized carbons (Fsp3) is 0.314. The number of anilines is 1. The number of carbonyl (C=O) groups excluding carboxylic acids is 1. The zero-order chi connectivity index (χ0) is 36.0. The lowest BCUT2D eigenvalue weighted by Gasteiger charge is -2.22. The summed E-state index contributed by atoms with van der Waals surface area (Å²) in [5.41, 5.74) is 4.66. The number of benzene rings is 3. The van der Waals surface area contributed by atoms with E-state index >= 15 is 0 Å². The first-order valence-electron chi connectivity index (χ1n) is 15.8. The first-order chi connectivity index (χ1) is 23.8. The van der Waals surface area contributed by atoms with E-state index in [1.165, 1.54) is 58.8 Å². The molecule has 0 radical (unpaired) electrons. The molecule has 1 aliphatic heterocycles. The molecule has 0 spiro atoms. The largest absolute Gasteiger partial charge is 0.573 e. The van der Waals surface area contributed by atoms with Crippen LogP contribution in [-0.4, -0.2) is 66.0 Å². The Morgan fingerprint density at radius 2 is 1.82 bits per heavy atom. The average molecular weight is 725 g/mol. The monoisotopic (exact) mass is 724 g/mol. The van der Waals surface area contributed by atoms with Crippen molar-refractivity contribution >= 4 is 51.4 Å². The van der Waals surface area contributed by atoms with Crippen LogP contribution in [0.4, 0.5) is 18.9 Å². The van der Waals surface area contributed by atoms with Crippen LogP contribution in [0.1, 0.15) is 49.8 Å². The summed E-state index contributed by atoms with van der Waals surface area (Å²) < 4.78 is 42.8. The van der Waals surface area contributed by atoms with Gasteiger partial charge in [-0.25, -0.2) is 19.5 Å². The number of nitrogens with zero attached hydrogens (tertiary/aromatic N) is 6. The predicted octanol–water partition coefficient (Wildman–Crippen LogP) is 7.90. The Balaban J connectivity index is 1.35. The van der Waals surface area contributed by atoms with Crippen molar-refractivity contribution in [3.63, 3.8) is 0 Å². The number of carbonyl (C=O) groups is 2. The Morgan fingerprint density at radius 1 is 1.10 bits per heavy atom. The standard InChI is InChI=1S/C35H35F3N6O4S2/c1-5-16-49-33(41-34-44(30(45)19-50-34)29-17-22(4)6-15-27(29)21(2)3)40-28(32(46)47)18-23-7-9-24(10-8-23)31-39-20-43(42-31)25-11-13-26(14-12-25)48-35(36,37)38/h6-15,17,20-21,28H,5,16,18-19H2,1-4H3,(H,46,47). The number of ether oxygens (including phenoxy) is 1. The number of hydrogen-bond acceptors (Lipinski definition) is 8. The van der Waals surface area contributed by atoms with Crippen molar-refractivity contribution in [1.82, 2.24) is 14.8 Å². The first kappa shape index (κ1) is 36.6. The van der Waals surface area contributed by atoms with Crippen LogP contribution in [-0.2, 0) is 16.0 Å². The van der Waals surface area contributed by atoms with Gasteiger partial charge in [-0.05, 0) is 66.3 Å². The first-order valence-corrected chi connectivity index (χ1v) is 17.7. The van der Waals surface area contributed by atoms with E-state index in [2.05, 4.69) is 33.7 Å². The van der Waals surface area contributed by atoms with Gasteiger partial charge in [-0.1, -0.05) is 80.7 Å². The van der Waals surface area contributed by atoms with Gasteiger partial charge >= 0.3 is 12.3 Å². The number of thioether (sulfide) groups is 2. The summed E-state index contributed by atoms with van der Waals surface area (Å²) in [6.07, 6.45) is -2.43.